The molecule has 0 spiro atoms. The summed E-state index contributed by atoms with van der Waals surface area (Å²) in [4.78, 5) is 4.33. The van der Waals surface area contributed by atoms with Gasteiger partial charge in [-0.25, -0.2) is 0 Å². The van der Waals surface area contributed by atoms with Crippen LogP contribution >= 0.6 is 0 Å². The van der Waals surface area contributed by atoms with E-state index in [2.05, 4.69) is 17.0 Å². The number of pyridine rings is 1. The van der Waals surface area contributed by atoms with Crippen molar-refractivity contribution >= 4 is 0 Å². The minimum atomic E-state index is -4.19. The van der Waals surface area contributed by atoms with Gasteiger partial charge in [0, 0.05) is 30.4 Å². The van der Waals surface area contributed by atoms with Gasteiger partial charge in [-0.15, -0.1) is 0 Å². The van der Waals surface area contributed by atoms with Crippen molar-refractivity contribution in [3.63, 3.8) is 0 Å². The predicted octanol–water partition coefficient (Wildman–Crippen LogP) is 5.14. The number of halogens is 3. The second kappa shape index (κ2) is 7.58. The maximum Gasteiger partial charge on any atom is 0.391 e. The molecule has 2 aromatic heterocycles. The minimum absolute atomic E-state index is 0.0942. The summed E-state index contributed by atoms with van der Waals surface area (Å²) in [6.07, 6.45) is -0.987. The number of alkyl halides is 3. The number of rotatable bonds is 6. The van der Waals surface area contributed by atoms with Crippen molar-refractivity contribution < 1.29 is 13.2 Å². The van der Waals surface area contributed by atoms with Crippen LogP contribution in [0.5, 0.6) is 0 Å². The molecule has 2 rings (SSSR count). The fourth-order valence-electron chi connectivity index (χ4n) is 3.10. The van der Waals surface area contributed by atoms with Gasteiger partial charge in [-0.2, -0.15) is 18.3 Å². The van der Waals surface area contributed by atoms with E-state index in [1.54, 1.807) is 6.20 Å². The van der Waals surface area contributed by atoms with Crippen LogP contribution in [0.2, 0.25) is 0 Å². The first-order valence-electron chi connectivity index (χ1n) is 8.83. The highest BCUT2D eigenvalue weighted by Crippen LogP contribution is 2.32. The van der Waals surface area contributed by atoms with E-state index in [4.69, 9.17) is 0 Å². The van der Waals surface area contributed by atoms with E-state index in [-0.39, 0.29) is 6.42 Å². The number of aromatic nitrogens is 3. The van der Waals surface area contributed by atoms with Gasteiger partial charge < -0.3 is 0 Å². The standard InChI is InChI=1S/C19H26F3N3/c1-6-14-10-15(9-12(4)19(20,21)22)23-11-16(14)18-13(5)17(7-2)24-25(18)8-3/h10-12H,6-9H2,1-5H3/t12-/m1/s1. The molecule has 2 heterocycles. The predicted molar refractivity (Wildman–Crippen MR) is 93.5 cm³/mol. The van der Waals surface area contributed by atoms with Crippen LogP contribution in [0.4, 0.5) is 13.2 Å². The SMILES string of the molecule is CCc1cc(C[C@@H](C)C(F)(F)F)ncc1-c1c(C)c(CC)nn1CC. The van der Waals surface area contributed by atoms with Crippen molar-refractivity contribution in [3.8, 4) is 11.3 Å². The van der Waals surface area contributed by atoms with Gasteiger partial charge in [-0.3, -0.25) is 9.67 Å². The topological polar surface area (TPSA) is 30.7 Å². The Kier molecular flexibility index (Phi) is 5.91. The summed E-state index contributed by atoms with van der Waals surface area (Å²) in [6.45, 7) is 10.1. The van der Waals surface area contributed by atoms with Gasteiger partial charge in [0.25, 0.3) is 0 Å². The van der Waals surface area contributed by atoms with Crippen molar-refractivity contribution in [2.75, 3.05) is 0 Å². The molecule has 25 heavy (non-hydrogen) atoms. The summed E-state index contributed by atoms with van der Waals surface area (Å²) in [5.41, 5.74) is 5.67. The molecular formula is C19H26F3N3. The number of hydrogen-bond donors (Lipinski definition) is 0. The lowest BCUT2D eigenvalue weighted by Crippen LogP contribution is -2.22. The molecule has 0 aliphatic carbocycles. The third-order valence-electron chi connectivity index (χ3n) is 4.68. The zero-order valence-electron chi connectivity index (χ0n) is 15.5. The van der Waals surface area contributed by atoms with E-state index in [9.17, 15) is 13.2 Å². The van der Waals surface area contributed by atoms with Gasteiger partial charge in [0.05, 0.1) is 17.3 Å². The first-order valence-corrected chi connectivity index (χ1v) is 8.83. The fourth-order valence-corrected chi connectivity index (χ4v) is 3.10. The fraction of sp³-hybridized carbons (Fsp3) is 0.579. The van der Waals surface area contributed by atoms with E-state index in [0.717, 1.165) is 47.5 Å². The zero-order valence-corrected chi connectivity index (χ0v) is 15.5. The first kappa shape index (κ1) is 19.5. The Morgan fingerprint density at radius 3 is 2.36 bits per heavy atom. The Morgan fingerprint density at radius 2 is 1.84 bits per heavy atom. The van der Waals surface area contributed by atoms with Crippen LogP contribution in [0.3, 0.4) is 0 Å². The highest BCUT2D eigenvalue weighted by atomic mass is 19.4. The Bertz CT molecular complexity index is 732. The minimum Gasteiger partial charge on any atom is -0.265 e. The van der Waals surface area contributed by atoms with Crippen LogP contribution in [0.1, 0.15) is 50.2 Å². The second-order valence-electron chi connectivity index (χ2n) is 6.42. The van der Waals surface area contributed by atoms with Crippen LogP contribution in [0.15, 0.2) is 12.3 Å². The molecule has 3 nitrogen and oxygen atoms in total. The molecule has 2 aromatic rings. The molecule has 0 N–H and O–H groups in total. The summed E-state index contributed by atoms with van der Waals surface area (Å²) in [7, 11) is 0. The summed E-state index contributed by atoms with van der Waals surface area (Å²) in [5, 5.41) is 4.64. The van der Waals surface area contributed by atoms with Crippen LogP contribution in [-0.4, -0.2) is 20.9 Å². The molecule has 0 saturated heterocycles. The van der Waals surface area contributed by atoms with Gasteiger partial charge >= 0.3 is 6.18 Å². The molecule has 6 heteroatoms. The first-order chi connectivity index (χ1) is 11.7. The van der Waals surface area contributed by atoms with E-state index in [1.165, 1.54) is 6.92 Å². The van der Waals surface area contributed by atoms with Crippen LogP contribution in [-0.2, 0) is 25.8 Å². The van der Waals surface area contributed by atoms with Gasteiger partial charge in [-0.1, -0.05) is 20.8 Å². The third-order valence-corrected chi connectivity index (χ3v) is 4.68. The Hall–Kier alpha value is -1.85. The Balaban J connectivity index is 2.46. The summed E-state index contributed by atoms with van der Waals surface area (Å²) >= 11 is 0. The van der Waals surface area contributed by atoms with E-state index >= 15 is 0 Å². The zero-order chi connectivity index (χ0) is 18.8. The normalized spacial score (nSPS) is 13.3. The molecule has 0 amide bonds. The van der Waals surface area contributed by atoms with E-state index in [0.29, 0.717) is 5.69 Å². The average molecular weight is 353 g/mol. The van der Waals surface area contributed by atoms with Crippen molar-refractivity contribution in [3.05, 3.63) is 34.8 Å². The average Bonchev–Trinajstić information content (AvgIpc) is 2.89. The monoisotopic (exact) mass is 353 g/mol. The highest BCUT2D eigenvalue weighted by Gasteiger charge is 2.36. The summed E-state index contributed by atoms with van der Waals surface area (Å²) in [6, 6.07) is 1.82. The molecule has 0 bridgehead atoms. The van der Waals surface area contributed by atoms with Crippen molar-refractivity contribution in [2.24, 2.45) is 5.92 Å². The van der Waals surface area contributed by atoms with Crippen LogP contribution in [0.25, 0.3) is 11.3 Å². The van der Waals surface area contributed by atoms with Gasteiger partial charge in [0.2, 0.25) is 0 Å². The molecule has 138 valence electrons. The van der Waals surface area contributed by atoms with Crippen LogP contribution in [0, 0.1) is 12.8 Å². The number of hydrogen-bond acceptors (Lipinski definition) is 2. The lowest BCUT2D eigenvalue weighted by Gasteiger charge is -2.17. The largest absolute Gasteiger partial charge is 0.391 e. The molecule has 1 atom stereocenters. The highest BCUT2D eigenvalue weighted by molar-refractivity contribution is 5.67. The van der Waals surface area contributed by atoms with Gasteiger partial charge in [0.15, 0.2) is 0 Å². The molecule has 0 unspecified atom stereocenters. The Morgan fingerprint density at radius 1 is 1.16 bits per heavy atom. The summed E-state index contributed by atoms with van der Waals surface area (Å²) in [5.74, 6) is -1.40. The summed E-state index contributed by atoms with van der Waals surface area (Å²) < 4.78 is 40.4. The molecule has 0 aliphatic heterocycles. The number of nitrogens with zero attached hydrogens (tertiary/aromatic N) is 3. The molecule has 0 saturated carbocycles. The Labute approximate surface area is 147 Å². The smallest absolute Gasteiger partial charge is 0.265 e. The molecule has 0 aliphatic rings. The molecule has 0 aromatic carbocycles. The maximum absolute atomic E-state index is 12.8. The maximum atomic E-state index is 12.8. The van der Waals surface area contributed by atoms with Crippen molar-refractivity contribution in [2.45, 2.75) is 66.6 Å². The quantitative estimate of drug-likeness (QED) is 0.720. The van der Waals surface area contributed by atoms with Gasteiger partial charge in [-0.05, 0) is 43.9 Å². The van der Waals surface area contributed by atoms with Crippen molar-refractivity contribution in [1.82, 2.24) is 14.8 Å². The molecule has 0 fully saturated rings. The van der Waals surface area contributed by atoms with E-state index in [1.807, 2.05) is 31.5 Å². The third kappa shape index (κ3) is 4.05. The molecule has 0 radical (unpaired) electrons. The molecular weight excluding hydrogens is 327 g/mol. The van der Waals surface area contributed by atoms with Crippen molar-refractivity contribution in [1.29, 1.82) is 0 Å². The lowest BCUT2D eigenvalue weighted by atomic mass is 9.97. The van der Waals surface area contributed by atoms with E-state index < -0.39 is 12.1 Å². The second-order valence-corrected chi connectivity index (χ2v) is 6.42. The number of aryl methyl sites for hydroxylation is 3. The van der Waals surface area contributed by atoms with Crippen LogP contribution < -0.4 is 0 Å². The lowest BCUT2D eigenvalue weighted by molar-refractivity contribution is -0.169. The van der Waals surface area contributed by atoms with Gasteiger partial charge in [0.1, 0.15) is 0 Å².